The van der Waals surface area contributed by atoms with Crippen molar-refractivity contribution < 1.29 is 9.94 Å². The van der Waals surface area contributed by atoms with E-state index < -0.39 is 0 Å². The first-order valence-corrected chi connectivity index (χ1v) is 7.36. The molecule has 0 amide bonds. The predicted molar refractivity (Wildman–Crippen MR) is 88.8 cm³/mol. The number of hydrogen-bond acceptors (Lipinski definition) is 5. The van der Waals surface area contributed by atoms with Gasteiger partial charge in [-0.3, -0.25) is 10.2 Å². The van der Waals surface area contributed by atoms with Crippen molar-refractivity contribution in [3.63, 3.8) is 0 Å². The van der Waals surface area contributed by atoms with E-state index in [4.69, 9.17) is 10.5 Å². The quantitative estimate of drug-likeness (QED) is 0.831. The molecule has 5 heteroatoms. The first kappa shape index (κ1) is 15.1. The Labute approximate surface area is 135 Å². The molecular weight excluding hydrogens is 290 g/mol. The molecule has 0 saturated carbocycles. The molecule has 2 aromatic rings. The fourth-order valence-electron chi connectivity index (χ4n) is 2.51. The summed E-state index contributed by atoms with van der Waals surface area (Å²) in [6.45, 7) is 4.21. The summed E-state index contributed by atoms with van der Waals surface area (Å²) < 4.78 is 5.73. The van der Waals surface area contributed by atoms with Crippen molar-refractivity contribution in [1.82, 2.24) is 10.0 Å². The van der Waals surface area contributed by atoms with E-state index in [9.17, 15) is 5.21 Å². The van der Waals surface area contributed by atoms with E-state index in [-0.39, 0.29) is 12.4 Å². The topological polar surface area (TPSA) is 71.6 Å². The number of hydrogen-bond donors (Lipinski definition) is 2. The lowest BCUT2D eigenvalue weighted by molar-refractivity contribution is -0.0485. The van der Waals surface area contributed by atoms with Gasteiger partial charge in [-0.05, 0) is 47.4 Å². The minimum atomic E-state index is 0.113. The van der Waals surface area contributed by atoms with Crippen LogP contribution in [0.3, 0.4) is 0 Å². The van der Waals surface area contributed by atoms with Crippen LogP contribution in [0.5, 0.6) is 5.75 Å². The maximum Gasteiger partial charge on any atom is 0.127 e. The van der Waals surface area contributed by atoms with Crippen LogP contribution in [0.4, 0.5) is 0 Å². The fraction of sp³-hybridized carbons (Fsp3) is 0.167. The summed E-state index contributed by atoms with van der Waals surface area (Å²) in [5.41, 5.74) is 9.75. The van der Waals surface area contributed by atoms with Crippen LogP contribution in [0.25, 0.3) is 6.08 Å². The zero-order valence-corrected chi connectivity index (χ0v) is 12.8. The van der Waals surface area contributed by atoms with Gasteiger partial charge in [0.05, 0.1) is 6.54 Å². The fourth-order valence-corrected chi connectivity index (χ4v) is 2.51. The number of benzene rings is 1. The number of hydroxylamine groups is 2. The highest BCUT2D eigenvalue weighted by Crippen LogP contribution is 2.28. The summed E-state index contributed by atoms with van der Waals surface area (Å²) >= 11 is 0. The van der Waals surface area contributed by atoms with Crippen molar-refractivity contribution >= 4 is 6.08 Å². The number of fused-ring (bicyclic) bond motifs is 1. The van der Waals surface area contributed by atoms with Crippen LogP contribution in [-0.4, -0.2) is 28.4 Å². The summed E-state index contributed by atoms with van der Waals surface area (Å²) in [6.07, 6.45) is 6.48. The van der Waals surface area contributed by atoms with Crippen molar-refractivity contribution in [1.29, 1.82) is 0 Å². The Bertz CT molecular complexity index is 741. The average molecular weight is 309 g/mol. The molecule has 1 aliphatic rings. The highest BCUT2D eigenvalue weighted by Gasteiger charge is 2.14. The molecule has 0 atom stereocenters. The van der Waals surface area contributed by atoms with E-state index in [0.29, 0.717) is 6.61 Å². The number of nitrogens with zero attached hydrogens (tertiary/aromatic N) is 2. The van der Waals surface area contributed by atoms with Crippen molar-refractivity contribution in [2.75, 3.05) is 13.2 Å². The van der Waals surface area contributed by atoms with Crippen LogP contribution in [0, 0.1) is 0 Å². The molecule has 2 heterocycles. The molecule has 0 unspecified atom stereocenters. The molecule has 0 bridgehead atoms. The Morgan fingerprint density at radius 1 is 1.35 bits per heavy atom. The van der Waals surface area contributed by atoms with E-state index in [0.717, 1.165) is 33.9 Å². The lowest BCUT2D eigenvalue weighted by atomic mass is 10.0. The van der Waals surface area contributed by atoms with Crippen LogP contribution in [0.1, 0.15) is 16.7 Å². The van der Waals surface area contributed by atoms with Crippen molar-refractivity contribution in [2.24, 2.45) is 5.73 Å². The average Bonchev–Trinajstić information content (AvgIpc) is 2.55. The Hall–Kier alpha value is -2.79. The Morgan fingerprint density at radius 3 is 2.96 bits per heavy atom. The largest absolute Gasteiger partial charge is 0.489 e. The smallest absolute Gasteiger partial charge is 0.127 e. The molecule has 0 spiro atoms. The second-order valence-corrected chi connectivity index (χ2v) is 5.55. The van der Waals surface area contributed by atoms with Crippen LogP contribution in [0.15, 0.2) is 60.7 Å². The van der Waals surface area contributed by atoms with Crippen LogP contribution >= 0.6 is 0 Å². The van der Waals surface area contributed by atoms with Gasteiger partial charge in [-0.15, -0.1) is 0 Å². The summed E-state index contributed by atoms with van der Waals surface area (Å²) in [7, 11) is 0. The number of pyridine rings is 1. The third-order valence-corrected chi connectivity index (χ3v) is 3.66. The molecule has 0 saturated heterocycles. The number of ether oxygens (including phenoxy) is 1. The van der Waals surface area contributed by atoms with Gasteiger partial charge in [0.2, 0.25) is 0 Å². The van der Waals surface area contributed by atoms with E-state index >= 15 is 0 Å². The molecule has 0 fully saturated rings. The van der Waals surface area contributed by atoms with Gasteiger partial charge in [-0.2, -0.15) is 0 Å². The lowest BCUT2D eigenvalue weighted by Crippen LogP contribution is -2.27. The molecule has 5 nitrogen and oxygen atoms in total. The zero-order valence-electron chi connectivity index (χ0n) is 12.8. The van der Waals surface area contributed by atoms with Crippen LogP contribution in [-0.2, 0) is 6.42 Å². The van der Waals surface area contributed by atoms with Gasteiger partial charge in [0.15, 0.2) is 0 Å². The summed E-state index contributed by atoms with van der Waals surface area (Å²) in [5, 5.41) is 10.6. The first-order valence-electron chi connectivity index (χ1n) is 7.36. The lowest BCUT2D eigenvalue weighted by Gasteiger charge is -2.22. The van der Waals surface area contributed by atoms with Gasteiger partial charge < -0.3 is 10.5 Å². The van der Waals surface area contributed by atoms with Gasteiger partial charge in [-0.25, -0.2) is 5.06 Å². The minimum Gasteiger partial charge on any atom is -0.489 e. The van der Waals surface area contributed by atoms with E-state index in [1.165, 1.54) is 5.56 Å². The highest BCUT2D eigenvalue weighted by atomic mass is 16.5. The molecule has 3 rings (SSSR count). The van der Waals surface area contributed by atoms with Crippen molar-refractivity contribution in [3.8, 4) is 5.75 Å². The second kappa shape index (κ2) is 6.54. The maximum atomic E-state index is 9.68. The summed E-state index contributed by atoms with van der Waals surface area (Å²) in [5.74, 6) is 0.960. The van der Waals surface area contributed by atoms with Crippen molar-refractivity contribution in [3.05, 3.63) is 77.4 Å². The van der Waals surface area contributed by atoms with E-state index in [1.807, 2.05) is 24.4 Å². The van der Waals surface area contributed by atoms with Crippen LogP contribution < -0.4 is 10.5 Å². The monoisotopic (exact) mass is 309 g/mol. The Morgan fingerprint density at radius 2 is 2.22 bits per heavy atom. The Kier molecular flexibility index (Phi) is 4.30. The number of nitrogens with two attached hydrogens (primary N) is 1. The van der Waals surface area contributed by atoms with E-state index in [1.54, 1.807) is 6.20 Å². The maximum absolute atomic E-state index is 9.68. The molecule has 1 aromatic heterocycles. The van der Waals surface area contributed by atoms with Gasteiger partial charge in [-0.1, -0.05) is 18.7 Å². The highest BCUT2D eigenvalue weighted by molar-refractivity contribution is 5.63. The third-order valence-electron chi connectivity index (χ3n) is 3.66. The van der Waals surface area contributed by atoms with Gasteiger partial charge >= 0.3 is 0 Å². The van der Waals surface area contributed by atoms with Gasteiger partial charge in [0, 0.05) is 18.0 Å². The predicted octanol–water partition coefficient (Wildman–Crippen LogP) is 2.57. The molecule has 1 aliphatic heterocycles. The Balaban J connectivity index is 1.79. The molecule has 0 aliphatic carbocycles. The van der Waals surface area contributed by atoms with E-state index in [2.05, 4.69) is 29.8 Å². The number of aromatic nitrogens is 1. The van der Waals surface area contributed by atoms with Gasteiger partial charge in [0.25, 0.3) is 0 Å². The molecule has 0 radical (unpaired) electrons. The standard InChI is InChI=1S/C18H19N3O2/c1-13(19)21(22)11-16-9-17-8-14(4-5-18(17)23-12-16)7-15-3-2-6-20-10-15/h2-6,8-10,22H,1,7,11-12,19H2. The summed E-state index contributed by atoms with van der Waals surface area (Å²) in [4.78, 5) is 4.14. The summed E-state index contributed by atoms with van der Waals surface area (Å²) in [6, 6.07) is 10.1. The number of rotatable bonds is 5. The molecule has 3 N–H and O–H groups in total. The SMILES string of the molecule is C=C(N)N(O)CC1=Cc2cc(Cc3cccnc3)ccc2OC1. The zero-order chi connectivity index (χ0) is 16.2. The van der Waals surface area contributed by atoms with Crippen molar-refractivity contribution in [2.45, 2.75) is 6.42 Å². The first-order chi connectivity index (χ1) is 11.1. The molecule has 118 valence electrons. The minimum absolute atomic E-state index is 0.113. The van der Waals surface area contributed by atoms with Crippen LogP contribution in [0.2, 0.25) is 0 Å². The molecular formula is C18H19N3O2. The third kappa shape index (κ3) is 3.70. The molecule has 23 heavy (non-hydrogen) atoms. The van der Waals surface area contributed by atoms with Gasteiger partial charge in [0.1, 0.15) is 18.2 Å². The second-order valence-electron chi connectivity index (χ2n) is 5.55. The normalized spacial score (nSPS) is 12.8. The molecule has 1 aromatic carbocycles.